The number of fused-ring (bicyclic) bond motifs is 1. The van der Waals surface area contributed by atoms with Gasteiger partial charge in [-0.3, -0.25) is 4.79 Å². The van der Waals surface area contributed by atoms with Gasteiger partial charge in [0.05, 0.1) is 18.0 Å². The third kappa shape index (κ3) is 3.63. The van der Waals surface area contributed by atoms with Crippen molar-refractivity contribution in [2.24, 2.45) is 0 Å². The van der Waals surface area contributed by atoms with Crippen LogP contribution in [0.15, 0.2) is 48.5 Å². The summed E-state index contributed by atoms with van der Waals surface area (Å²) in [4.78, 5) is 23.7. The molecule has 1 aliphatic carbocycles. The molecule has 2 amide bonds. The molecule has 6 heteroatoms. The van der Waals surface area contributed by atoms with E-state index in [1.165, 1.54) is 12.1 Å². The lowest BCUT2D eigenvalue weighted by atomic mass is 9.99. The Labute approximate surface area is 144 Å². The molecular formula is C19H19FN2O3. The van der Waals surface area contributed by atoms with E-state index in [0.717, 1.165) is 11.1 Å². The molecule has 3 rings (SSSR count). The summed E-state index contributed by atoms with van der Waals surface area (Å²) in [7, 11) is 0. The fraction of sp³-hybridized carbons (Fsp3) is 0.263. The molecule has 0 radical (unpaired) electrons. The van der Waals surface area contributed by atoms with Gasteiger partial charge in [0.15, 0.2) is 0 Å². The topological polar surface area (TPSA) is 78.4 Å². The zero-order chi connectivity index (χ0) is 18.0. The molecule has 0 fully saturated rings. The molecule has 0 bridgehead atoms. The Morgan fingerprint density at radius 1 is 1.12 bits per heavy atom. The third-order valence-corrected chi connectivity index (χ3v) is 4.60. The van der Waals surface area contributed by atoms with Gasteiger partial charge in [-0.2, -0.15) is 0 Å². The van der Waals surface area contributed by atoms with E-state index in [-0.39, 0.29) is 17.8 Å². The second-order valence-electron chi connectivity index (χ2n) is 6.22. The van der Waals surface area contributed by atoms with E-state index in [1.54, 1.807) is 19.1 Å². The van der Waals surface area contributed by atoms with Gasteiger partial charge in [0.2, 0.25) is 5.91 Å². The Bertz CT molecular complexity index is 792. The lowest BCUT2D eigenvalue weighted by Gasteiger charge is -2.23. The van der Waals surface area contributed by atoms with Gasteiger partial charge in [0.1, 0.15) is 5.82 Å². The van der Waals surface area contributed by atoms with Crippen molar-refractivity contribution in [3.63, 3.8) is 0 Å². The summed E-state index contributed by atoms with van der Waals surface area (Å²) in [6.07, 6.45) is -0.573. The Kier molecular flexibility index (Phi) is 4.70. The summed E-state index contributed by atoms with van der Waals surface area (Å²) < 4.78 is 13.0. The summed E-state index contributed by atoms with van der Waals surface area (Å²) in [5.74, 6) is -1.04. The molecule has 0 aliphatic heterocycles. The Morgan fingerprint density at radius 3 is 2.48 bits per heavy atom. The van der Waals surface area contributed by atoms with Crippen molar-refractivity contribution in [3.05, 3.63) is 71.0 Å². The van der Waals surface area contributed by atoms with Crippen LogP contribution in [-0.4, -0.2) is 23.1 Å². The van der Waals surface area contributed by atoms with Crippen LogP contribution in [0.25, 0.3) is 0 Å². The highest BCUT2D eigenvalue weighted by molar-refractivity contribution is 5.83. The maximum absolute atomic E-state index is 13.0. The molecule has 0 saturated heterocycles. The van der Waals surface area contributed by atoms with Gasteiger partial charge in [0.25, 0.3) is 0 Å². The first-order chi connectivity index (χ1) is 12.0. The molecule has 2 aromatic rings. The number of carboxylic acid groups (broad SMARTS) is 1. The molecule has 5 nitrogen and oxygen atoms in total. The molecule has 25 heavy (non-hydrogen) atoms. The van der Waals surface area contributed by atoms with Gasteiger partial charge in [0, 0.05) is 0 Å². The van der Waals surface area contributed by atoms with Crippen molar-refractivity contribution in [2.45, 2.75) is 31.3 Å². The minimum absolute atomic E-state index is 0.221. The number of rotatable bonds is 4. The van der Waals surface area contributed by atoms with Crippen LogP contribution in [0.2, 0.25) is 0 Å². The highest BCUT2D eigenvalue weighted by Gasteiger charge is 2.35. The number of hydrogen-bond donors (Lipinski definition) is 3. The Balaban J connectivity index is 1.75. The van der Waals surface area contributed by atoms with Crippen LogP contribution < -0.4 is 10.6 Å². The van der Waals surface area contributed by atoms with Crippen molar-refractivity contribution < 1.29 is 19.1 Å². The summed E-state index contributed by atoms with van der Waals surface area (Å²) >= 11 is 0. The third-order valence-electron chi connectivity index (χ3n) is 4.60. The number of hydrogen-bond acceptors (Lipinski definition) is 2. The lowest BCUT2D eigenvalue weighted by Crippen LogP contribution is -2.45. The first-order valence-corrected chi connectivity index (χ1v) is 8.09. The molecule has 0 spiro atoms. The second-order valence-corrected chi connectivity index (χ2v) is 6.22. The number of halogens is 1. The molecule has 3 N–H and O–H groups in total. The monoisotopic (exact) mass is 342 g/mol. The number of benzene rings is 2. The summed E-state index contributed by atoms with van der Waals surface area (Å²) in [5.41, 5.74) is 2.60. The van der Waals surface area contributed by atoms with E-state index in [2.05, 4.69) is 10.6 Å². The summed E-state index contributed by atoms with van der Waals surface area (Å²) in [6.45, 7) is 1.74. The first kappa shape index (κ1) is 17.0. The number of carbonyl (C=O) groups excluding carboxylic acids is 1. The van der Waals surface area contributed by atoms with Crippen LogP contribution in [0.5, 0.6) is 0 Å². The average molecular weight is 342 g/mol. The van der Waals surface area contributed by atoms with E-state index in [0.29, 0.717) is 12.0 Å². The Hall–Kier alpha value is -2.89. The summed E-state index contributed by atoms with van der Waals surface area (Å²) in [5, 5.41) is 14.5. The highest BCUT2D eigenvalue weighted by Crippen LogP contribution is 2.32. The van der Waals surface area contributed by atoms with Gasteiger partial charge >= 0.3 is 6.09 Å². The highest BCUT2D eigenvalue weighted by atomic mass is 19.1. The van der Waals surface area contributed by atoms with E-state index >= 15 is 0 Å². The number of amides is 2. The molecule has 0 saturated carbocycles. The zero-order valence-electron chi connectivity index (χ0n) is 13.7. The van der Waals surface area contributed by atoms with E-state index in [4.69, 9.17) is 5.11 Å². The van der Waals surface area contributed by atoms with Crippen molar-refractivity contribution in [3.8, 4) is 0 Å². The largest absolute Gasteiger partial charge is 0.465 e. The van der Waals surface area contributed by atoms with Crippen LogP contribution in [-0.2, 0) is 11.2 Å². The smallest absolute Gasteiger partial charge is 0.405 e. The van der Waals surface area contributed by atoms with Gasteiger partial charge < -0.3 is 15.7 Å². The summed E-state index contributed by atoms with van der Waals surface area (Å²) in [6, 6.07) is 12.5. The lowest BCUT2D eigenvalue weighted by molar-refractivity contribution is -0.123. The number of nitrogens with one attached hydrogen (secondary N) is 2. The Morgan fingerprint density at radius 2 is 1.80 bits per heavy atom. The molecule has 0 heterocycles. The maximum atomic E-state index is 13.0. The number of carbonyl (C=O) groups is 2. The van der Waals surface area contributed by atoms with E-state index in [1.807, 2.05) is 24.3 Å². The van der Waals surface area contributed by atoms with Gasteiger partial charge in [-0.05, 0) is 42.2 Å². The predicted molar refractivity (Wildman–Crippen MR) is 90.8 cm³/mol. The molecule has 3 atom stereocenters. The van der Waals surface area contributed by atoms with Crippen molar-refractivity contribution in [1.29, 1.82) is 0 Å². The molecule has 2 aromatic carbocycles. The quantitative estimate of drug-likeness (QED) is 0.799. The van der Waals surface area contributed by atoms with E-state index < -0.39 is 18.1 Å². The van der Waals surface area contributed by atoms with Crippen LogP contribution in [0.1, 0.15) is 35.6 Å². The van der Waals surface area contributed by atoms with Crippen LogP contribution >= 0.6 is 0 Å². The standard InChI is InChI=1S/C19H19FN2O3/c1-11(12-6-8-14(20)9-7-12)18(23)21-16-10-13-4-2-3-5-15(13)17(16)22-19(24)25/h2-9,11,16-17,22H,10H2,1H3,(H,21,23)(H,24,25)/t11?,16-,17-/m0/s1. The van der Waals surface area contributed by atoms with Crippen LogP contribution in [0.3, 0.4) is 0 Å². The van der Waals surface area contributed by atoms with E-state index in [9.17, 15) is 14.0 Å². The van der Waals surface area contributed by atoms with Crippen molar-refractivity contribution in [2.75, 3.05) is 0 Å². The molecule has 1 unspecified atom stereocenters. The second kappa shape index (κ2) is 6.93. The van der Waals surface area contributed by atoms with Gasteiger partial charge in [-0.1, -0.05) is 36.4 Å². The van der Waals surface area contributed by atoms with Crippen LogP contribution in [0.4, 0.5) is 9.18 Å². The molecule has 1 aliphatic rings. The maximum Gasteiger partial charge on any atom is 0.405 e. The minimum Gasteiger partial charge on any atom is -0.465 e. The van der Waals surface area contributed by atoms with Crippen molar-refractivity contribution >= 4 is 12.0 Å². The first-order valence-electron chi connectivity index (χ1n) is 8.09. The molecule has 130 valence electrons. The normalized spacial score (nSPS) is 19.8. The van der Waals surface area contributed by atoms with Crippen LogP contribution in [0, 0.1) is 5.82 Å². The molecular weight excluding hydrogens is 323 g/mol. The average Bonchev–Trinajstić information content (AvgIpc) is 2.92. The zero-order valence-corrected chi connectivity index (χ0v) is 13.7. The van der Waals surface area contributed by atoms with Gasteiger partial charge in [-0.25, -0.2) is 9.18 Å². The molecule has 0 aromatic heterocycles. The predicted octanol–water partition coefficient (Wildman–Crippen LogP) is 2.98. The van der Waals surface area contributed by atoms with Crippen molar-refractivity contribution in [1.82, 2.24) is 10.6 Å². The SMILES string of the molecule is CC(C(=O)N[C@H]1Cc2ccccc2[C@@H]1NC(=O)O)c1ccc(F)cc1. The fourth-order valence-corrected chi connectivity index (χ4v) is 3.25. The minimum atomic E-state index is -1.13. The van der Waals surface area contributed by atoms with Gasteiger partial charge in [-0.15, -0.1) is 0 Å². The fourth-order valence-electron chi connectivity index (χ4n) is 3.25.